The van der Waals surface area contributed by atoms with E-state index in [1.165, 1.54) is 37.4 Å². The predicted molar refractivity (Wildman–Crippen MR) is 120 cm³/mol. The quantitative estimate of drug-likeness (QED) is 0.303. The molecule has 3 heterocycles. The van der Waals surface area contributed by atoms with Crippen LogP contribution in [0.15, 0.2) is 28.9 Å². The van der Waals surface area contributed by atoms with E-state index in [-0.39, 0.29) is 5.78 Å². The van der Waals surface area contributed by atoms with E-state index in [4.69, 9.17) is 0 Å². The second-order valence-electron chi connectivity index (χ2n) is 8.15. The van der Waals surface area contributed by atoms with Gasteiger partial charge in [0.25, 0.3) is 5.78 Å². The van der Waals surface area contributed by atoms with Crippen LogP contribution in [-0.4, -0.2) is 35.7 Å². The molecule has 3 aromatic rings. The van der Waals surface area contributed by atoms with Crippen molar-refractivity contribution in [1.29, 1.82) is 0 Å². The summed E-state index contributed by atoms with van der Waals surface area (Å²) < 4.78 is 4.01. The second-order valence-corrected chi connectivity index (χ2v) is 9.09. The predicted octanol–water partition coefficient (Wildman–Crippen LogP) is 5.02. The molecular formula is C23H29N5OS. The summed E-state index contributed by atoms with van der Waals surface area (Å²) >= 11 is 1.37. The number of hydrogen-bond donors (Lipinski definition) is 0. The highest BCUT2D eigenvalue weighted by molar-refractivity contribution is 7.99. The lowest BCUT2D eigenvalue weighted by Gasteiger charge is -2.15. The summed E-state index contributed by atoms with van der Waals surface area (Å²) in [5, 5.41) is 5.07. The zero-order valence-electron chi connectivity index (χ0n) is 18.2. The summed E-state index contributed by atoms with van der Waals surface area (Å²) in [6.07, 6.45) is 8.54. The van der Waals surface area contributed by atoms with Crippen molar-refractivity contribution >= 4 is 23.3 Å². The zero-order valence-corrected chi connectivity index (χ0v) is 19.1. The van der Waals surface area contributed by atoms with E-state index < -0.39 is 0 Å². The van der Waals surface area contributed by atoms with Crippen LogP contribution in [0, 0.1) is 27.7 Å². The molecule has 7 heteroatoms. The fourth-order valence-electron chi connectivity index (χ4n) is 4.23. The number of thioether (sulfide) groups is 1. The summed E-state index contributed by atoms with van der Waals surface area (Å²) in [6.45, 7) is 9.01. The highest BCUT2D eigenvalue weighted by Gasteiger charge is 2.18. The lowest BCUT2D eigenvalue weighted by Crippen LogP contribution is -2.08. The van der Waals surface area contributed by atoms with Crippen molar-refractivity contribution in [3.8, 4) is 0 Å². The Balaban J connectivity index is 1.43. The van der Waals surface area contributed by atoms with Gasteiger partial charge in [-0.15, -0.1) is 5.10 Å². The van der Waals surface area contributed by atoms with Gasteiger partial charge in [0, 0.05) is 34.9 Å². The lowest BCUT2D eigenvalue weighted by atomic mass is 9.97. The first-order valence-electron chi connectivity index (χ1n) is 10.6. The number of carbonyl (C=O) groups excluding carboxylic acids is 1. The van der Waals surface area contributed by atoms with Crippen molar-refractivity contribution in [2.75, 3.05) is 5.75 Å². The molecule has 0 spiro atoms. The maximum Gasteiger partial charge on any atom is 0.253 e. The number of fused-ring (bicyclic) bond motifs is 1. The van der Waals surface area contributed by atoms with Gasteiger partial charge in [0.15, 0.2) is 5.78 Å². The molecule has 4 rings (SSSR count). The molecule has 0 atom stereocenters. The lowest BCUT2D eigenvalue weighted by molar-refractivity contribution is 0.102. The number of hydrogen-bond acceptors (Lipinski definition) is 5. The Morgan fingerprint density at radius 1 is 1.10 bits per heavy atom. The summed E-state index contributed by atoms with van der Waals surface area (Å²) in [5.74, 6) is 1.03. The molecule has 0 saturated carbocycles. The number of aryl methyl sites for hydroxylation is 3. The van der Waals surface area contributed by atoms with Crippen LogP contribution in [-0.2, 0) is 6.54 Å². The van der Waals surface area contributed by atoms with Crippen molar-refractivity contribution in [3.05, 3.63) is 52.1 Å². The summed E-state index contributed by atoms with van der Waals surface area (Å²) in [6, 6.07) is 4.00. The highest BCUT2D eigenvalue weighted by Crippen LogP contribution is 2.24. The fraction of sp³-hybridized carbons (Fsp3) is 0.478. The van der Waals surface area contributed by atoms with E-state index in [1.54, 1.807) is 10.1 Å². The van der Waals surface area contributed by atoms with Gasteiger partial charge in [0.05, 0.1) is 5.75 Å². The topological polar surface area (TPSA) is 65.1 Å². The number of ketones is 1. The van der Waals surface area contributed by atoms with Gasteiger partial charge >= 0.3 is 0 Å². The van der Waals surface area contributed by atoms with Crippen LogP contribution in [0.1, 0.15) is 65.2 Å². The molecule has 0 aromatic carbocycles. The fourth-order valence-corrected chi connectivity index (χ4v) is 4.93. The summed E-state index contributed by atoms with van der Waals surface area (Å²) in [5.41, 5.74) is 6.49. The van der Waals surface area contributed by atoms with Gasteiger partial charge in [-0.1, -0.05) is 23.4 Å². The van der Waals surface area contributed by atoms with E-state index in [1.807, 2.05) is 26.0 Å². The van der Waals surface area contributed by atoms with Gasteiger partial charge in [-0.05, 0) is 71.9 Å². The van der Waals surface area contributed by atoms with Crippen LogP contribution < -0.4 is 0 Å². The van der Waals surface area contributed by atoms with Crippen LogP contribution >= 0.6 is 11.8 Å². The van der Waals surface area contributed by atoms with Crippen LogP contribution in [0.4, 0.5) is 0 Å². The van der Waals surface area contributed by atoms with Crippen molar-refractivity contribution in [2.24, 2.45) is 0 Å². The summed E-state index contributed by atoms with van der Waals surface area (Å²) in [4.78, 5) is 21.8. The third-order valence-electron chi connectivity index (χ3n) is 5.85. The molecule has 0 radical (unpaired) electrons. The minimum atomic E-state index is 0.121. The Labute approximate surface area is 181 Å². The number of allylic oxidation sites excluding steroid dienone is 2. The third kappa shape index (κ3) is 4.36. The molecule has 6 nitrogen and oxygen atoms in total. The number of rotatable bonds is 7. The largest absolute Gasteiger partial charge is 0.348 e. The molecule has 158 valence electrons. The van der Waals surface area contributed by atoms with Crippen LogP contribution in [0.5, 0.6) is 0 Å². The SMILES string of the molecule is Cc1cc(C)n2nc(SCC(=O)c3cc(C)n(CCC4=CCCCC4)c3C)nc2n1. The van der Waals surface area contributed by atoms with Gasteiger partial charge in [-0.25, -0.2) is 9.50 Å². The average Bonchev–Trinajstić information content (AvgIpc) is 3.26. The molecule has 30 heavy (non-hydrogen) atoms. The van der Waals surface area contributed by atoms with E-state index in [0.29, 0.717) is 16.7 Å². The monoisotopic (exact) mass is 423 g/mol. The summed E-state index contributed by atoms with van der Waals surface area (Å²) in [7, 11) is 0. The van der Waals surface area contributed by atoms with Crippen LogP contribution in [0.3, 0.4) is 0 Å². The molecule has 1 aliphatic rings. The van der Waals surface area contributed by atoms with Crippen molar-refractivity contribution in [2.45, 2.75) is 71.5 Å². The average molecular weight is 424 g/mol. The van der Waals surface area contributed by atoms with Crippen molar-refractivity contribution in [1.82, 2.24) is 24.1 Å². The second kappa shape index (κ2) is 8.76. The first kappa shape index (κ1) is 20.8. The van der Waals surface area contributed by atoms with Crippen molar-refractivity contribution < 1.29 is 4.79 Å². The molecule has 0 aliphatic heterocycles. The molecule has 0 unspecified atom stereocenters. The first-order valence-corrected chi connectivity index (χ1v) is 11.6. The van der Waals surface area contributed by atoms with Gasteiger partial charge in [0.1, 0.15) is 0 Å². The smallest absolute Gasteiger partial charge is 0.253 e. The Morgan fingerprint density at radius 3 is 2.70 bits per heavy atom. The molecular weight excluding hydrogens is 394 g/mol. The first-order chi connectivity index (χ1) is 14.4. The Bertz CT molecular complexity index is 1120. The minimum absolute atomic E-state index is 0.121. The maximum absolute atomic E-state index is 12.9. The minimum Gasteiger partial charge on any atom is -0.348 e. The molecule has 0 fully saturated rings. The Morgan fingerprint density at radius 2 is 1.93 bits per heavy atom. The van der Waals surface area contributed by atoms with Gasteiger partial charge < -0.3 is 4.57 Å². The van der Waals surface area contributed by atoms with E-state index in [0.717, 1.165) is 41.3 Å². The number of nitrogens with zero attached hydrogens (tertiary/aromatic N) is 5. The molecule has 3 aromatic heterocycles. The number of Topliss-reactive ketones (excluding diaryl/α,β-unsaturated/α-hetero) is 1. The van der Waals surface area contributed by atoms with Gasteiger partial charge in [-0.3, -0.25) is 4.79 Å². The van der Waals surface area contributed by atoms with Crippen molar-refractivity contribution in [3.63, 3.8) is 0 Å². The standard InChI is InChI=1S/C23H29N5OS/c1-15-12-17(3)28-22(24-15)25-23(26-28)30-14-21(29)20-13-16(2)27(18(20)4)11-10-19-8-6-5-7-9-19/h8,12-13H,5-7,9-11,14H2,1-4H3. The normalized spacial score (nSPS) is 14.3. The molecule has 0 amide bonds. The Kier molecular flexibility index (Phi) is 6.09. The number of carbonyl (C=O) groups is 1. The molecule has 0 bridgehead atoms. The highest BCUT2D eigenvalue weighted by atomic mass is 32.2. The zero-order chi connectivity index (χ0) is 21.3. The third-order valence-corrected chi connectivity index (χ3v) is 6.68. The van der Waals surface area contributed by atoms with E-state index >= 15 is 0 Å². The molecule has 0 saturated heterocycles. The van der Waals surface area contributed by atoms with Crippen LogP contribution in [0.2, 0.25) is 0 Å². The van der Waals surface area contributed by atoms with E-state index in [9.17, 15) is 4.79 Å². The maximum atomic E-state index is 12.9. The Hall–Kier alpha value is -2.41. The molecule has 0 N–H and O–H groups in total. The van der Waals surface area contributed by atoms with Gasteiger partial charge in [0.2, 0.25) is 5.16 Å². The van der Waals surface area contributed by atoms with Crippen LogP contribution in [0.25, 0.3) is 5.78 Å². The van der Waals surface area contributed by atoms with Gasteiger partial charge in [-0.2, -0.15) is 4.98 Å². The number of aromatic nitrogens is 5. The molecule has 1 aliphatic carbocycles. The van der Waals surface area contributed by atoms with E-state index in [2.05, 4.69) is 39.6 Å².